The van der Waals surface area contributed by atoms with E-state index in [0.717, 1.165) is 36.3 Å². The number of thiazole rings is 1. The topological polar surface area (TPSA) is 43.8 Å². The molecule has 0 saturated carbocycles. The largest absolute Gasteiger partial charge is 0.357 e. The van der Waals surface area contributed by atoms with Crippen LogP contribution in [0.2, 0.25) is 0 Å². The highest BCUT2D eigenvalue weighted by Gasteiger charge is 2.08. The van der Waals surface area contributed by atoms with E-state index in [2.05, 4.69) is 53.5 Å². The standard InChI is InChI=1S/C18H35N5S.HI/c1-6-19-18(23(5)14-17-15-24-16(2)21-17)20-12-10-8-7-9-11-13-22(3)4;/h15H,6-14H2,1-5H3,(H,19,20);1H. The molecule has 1 rings (SSSR count). The zero-order valence-electron chi connectivity index (χ0n) is 16.5. The monoisotopic (exact) mass is 481 g/mol. The Balaban J connectivity index is 0.00000576. The van der Waals surface area contributed by atoms with Crippen LogP contribution in [0.15, 0.2) is 10.4 Å². The van der Waals surface area contributed by atoms with E-state index in [-0.39, 0.29) is 24.0 Å². The number of guanidine groups is 1. The molecule has 1 N–H and O–H groups in total. The molecule has 1 heterocycles. The minimum absolute atomic E-state index is 0. The molecular weight excluding hydrogens is 445 g/mol. The van der Waals surface area contributed by atoms with Gasteiger partial charge in [0.2, 0.25) is 0 Å². The average Bonchev–Trinajstić information content (AvgIpc) is 2.93. The third kappa shape index (κ3) is 11.8. The number of rotatable bonds is 11. The normalized spacial score (nSPS) is 11.5. The first-order valence-electron chi connectivity index (χ1n) is 9.08. The van der Waals surface area contributed by atoms with Crippen molar-refractivity contribution in [3.05, 3.63) is 16.1 Å². The Bertz CT molecular complexity index is 476. The van der Waals surface area contributed by atoms with E-state index < -0.39 is 0 Å². The molecule has 0 atom stereocenters. The van der Waals surface area contributed by atoms with E-state index >= 15 is 0 Å². The summed E-state index contributed by atoms with van der Waals surface area (Å²) in [6.07, 6.45) is 6.37. The Kier molecular flexibility index (Phi) is 14.5. The molecule has 0 saturated heterocycles. The smallest absolute Gasteiger partial charge is 0.194 e. The van der Waals surface area contributed by atoms with Crippen molar-refractivity contribution in [2.24, 2.45) is 4.99 Å². The second-order valence-electron chi connectivity index (χ2n) is 6.52. The molecule has 0 aliphatic rings. The van der Waals surface area contributed by atoms with Gasteiger partial charge in [-0.05, 0) is 47.3 Å². The highest BCUT2D eigenvalue weighted by atomic mass is 127. The number of aromatic nitrogens is 1. The Labute approximate surface area is 175 Å². The molecule has 0 aromatic carbocycles. The molecule has 1 aromatic rings. The lowest BCUT2D eigenvalue weighted by atomic mass is 10.1. The van der Waals surface area contributed by atoms with E-state index in [1.165, 1.54) is 38.6 Å². The number of unbranched alkanes of at least 4 members (excludes halogenated alkanes) is 4. The second-order valence-corrected chi connectivity index (χ2v) is 7.58. The van der Waals surface area contributed by atoms with Crippen molar-refractivity contribution in [2.45, 2.75) is 52.5 Å². The van der Waals surface area contributed by atoms with Crippen LogP contribution in [0.25, 0.3) is 0 Å². The SMILES string of the molecule is CCNC(=NCCCCCCCN(C)C)N(C)Cc1csc(C)n1.I. The zero-order valence-corrected chi connectivity index (χ0v) is 19.7. The van der Waals surface area contributed by atoms with Crippen LogP contribution in [0.4, 0.5) is 0 Å². The van der Waals surface area contributed by atoms with Crippen molar-refractivity contribution >= 4 is 41.3 Å². The van der Waals surface area contributed by atoms with Gasteiger partial charge in [-0.1, -0.05) is 19.3 Å². The molecule has 0 aliphatic heterocycles. The molecular formula is C18H36IN5S. The van der Waals surface area contributed by atoms with Crippen LogP contribution < -0.4 is 5.32 Å². The van der Waals surface area contributed by atoms with Gasteiger partial charge >= 0.3 is 0 Å². The lowest BCUT2D eigenvalue weighted by Crippen LogP contribution is -2.38. The van der Waals surface area contributed by atoms with Gasteiger partial charge in [0.15, 0.2) is 5.96 Å². The maximum absolute atomic E-state index is 4.76. The van der Waals surface area contributed by atoms with Crippen molar-refractivity contribution < 1.29 is 0 Å². The summed E-state index contributed by atoms with van der Waals surface area (Å²) >= 11 is 1.70. The Morgan fingerprint density at radius 3 is 2.44 bits per heavy atom. The first-order chi connectivity index (χ1) is 11.5. The van der Waals surface area contributed by atoms with Gasteiger partial charge in [0.1, 0.15) is 0 Å². The van der Waals surface area contributed by atoms with Crippen LogP contribution in [0.1, 0.15) is 49.7 Å². The molecule has 0 bridgehead atoms. The number of hydrogen-bond donors (Lipinski definition) is 1. The first kappa shape index (κ1) is 24.6. The Morgan fingerprint density at radius 2 is 1.84 bits per heavy atom. The summed E-state index contributed by atoms with van der Waals surface area (Å²) in [5, 5.41) is 6.63. The van der Waals surface area contributed by atoms with E-state index in [1.807, 2.05) is 6.92 Å². The number of aryl methyl sites for hydroxylation is 1. The van der Waals surface area contributed by atoms with Crippen molar-refractivity contribution in [1.29, 1.82) is 0 Å². The van der Waals surface area contributed by atoms with Crippen LogP contribution in [-0.4, -0.2) is 61.5 Å². The van der Waals surface area contributed by atoms with Crippen LogP contribution in [0.3, 0.4) is 0 Å². The van der Waals surface area contributed by atoms with E-state index in [9.17, 15) is 0 Å². The molecule has 0 unspecified atom stereocenters. The number of hydrogen-bond acceptors (Lipinski definition) is 4. The van der Waals surface area contributed by atoms with Gasteiger partial charge in [0.25, 0.3) is 0 Å². The molecule has 25 heavy (non-hydrogen) atoms. The van der Waals surface area contributed by atoms with Crippen molar-refractivity contribution in [3.8, 4) is 0 Å². The van der Waals surface area contributed by atoms with Crippen LogP contribution in [-0.2, 0) is 6.54 Å². The highest BCUT2D eigenvalue weighted by Crippen LogP contribution is 2.10. The zero-order chi connectivity index (χ0) is 17.8. The third-order valence-electron chi connectivity index (χ3n) is 3.79. The summed E-state index contributed by atoms with van der Waals surface area (Å²) in [6, 6.07) is 0. The van der Waals surface area contributed by atoms with Crippen molar-refractivity contribution in [3.63, 3.8) is 0 Å². The molecule has 0 spiro atoms. The summed E-state index contributed by atoms with van der Waals surface area (Å²) in [5.41, 5.74) is 1.12. The van der Waals surface area contributed by atoms with Gasteiger partial charge in [-0.3, -0.25) is 4.99 Å². The van der Waals surface area contributed by atoms with Gasteiger partial charge in [0, 0.05) is 25.5 Å². The molecule has 0 amide bonds. The quantitative estimate of drug-likeness (QED) is 0.225. The fraction of sp³-hybridized carbons (Fsp3) is 0.778. The lowest BCUT2D eigenvalue weighted by molar-refractivity contribution is 0.390. The maximum atomic E-state index is 4.76. The van der Waals surface area contributed by atoms with Gasteiger partial charge < -0.3 is 15.1 Å². The summed E-state index contributed by atoms with van der Waals surface area (Å²) in [7, 11) is 6.36. The minimum atomic E-state index is 0. The Hall–Kier alpha value is -0.410. The second kappa shape index (κ2) is 14.7. The predicted octanol–water partition coefficient (Wildman–Crippen LogP) is 3.98. The van der Waals surface area contributed by atoms with Crippen LogP contribution >= 0.6 is 35.3 Å². The molecule has 7 heteroatoms. The van der Waals surface area contributed by atoms with E-state index in [0.29, 0.717) is 0 Å². The minimum Gasteiger partial charge on any atom is -0.357 e. The fourth-order valence-electron chi connectivity index (χ4n) is 2.52. The van der Waals surface area contributed by atoms with Gasteiger partial charge in [-0.15, -0.1) is 35.3 Å². The van der Waals surface area contributed by atoms with Crippen LogP contribution in [0.5, 0.6) is 0 Å². The van der Waals surface area contributed by atoms with Crippen molar-refractivity contribution in [1.82, 2.24) is 20.1 Å². The molecule has 146 valence electrons. The van der Waals surface area contributed by atoms with Gasteiger partial charge in [-0.2, -0.15) is 0 Å². The summed E-state index contributed by atoms with van der Waals surface area (Å²) in [4.78, 5) is 13.7. The molecule has 0 aliphatic carbocycles. The number of halogens is 1. The number of nitrogens with zero attached hydrogens (tertiary/aromatic N) is 4. The fourth-order valence-corrected chi connectivity index (χ4v) is 3.13. The predicted molar refractivity (Wildman–Crippen MR) is 121 cm³/mol. The molecule has 1 aromatic heterocycles. The third-order valence-corrected chi connectivity index (χ3v) is 4.61. The number of aliphatic imine (C=N–C) groups is 1. The van der Waals surface area contributed by atoms with Gasteiger partial charge in [0.05, 0.1) is 17.2 Å². The molecule has 0 fully saturated rings. The van der Waals surface area contributed by atoms with E-state index in [1.54, 1.807) is 11.3 Å². The first-order valence-corrected chi connectivity index (χ1v) is 9.96. The lowest BCUT2D eigenvalue weighted by Gasteiger charge is -2.21. The van der Waals surface area contributed by atoms with E-state index in [4.69, 9.17) is 4.99 Å². The molecule has 0 radical (unpaired) electrons. The maximum Gasteiger partial charge on any atom is 0.194 e. The summed E-state index contributed by atoms with van der Waals surface area (Å²) in [6.45, 7) is 7.96. The average molecular weight is 481 g/mol. The van der Waals surface area contributed by atoms with Crippen LogP contribution in [0, 0.1) is 6.92 Å². The Morgan fingerprint density at radius 1 is 1.16 bits per heavy atom. The highest BCUT2D eigenvalue weighted by molar-refractivity contribution is 14.0. The summed E-state index contributed by atoms with van der Waals surface area (Å²) in [5.74, 6) is 0.982. The number of nitrogens with one attached hydrogen (secondary N) is 1. The molecule has 5 nitrogen and oxygen atoms in total. The van der Waals surface area contributed by atoms with Crippen molar-refractivity contribution in [2.75, 3.05) is 40.8 Å². The summed E-state index contributed by atoms with van der Waals surface area (Å²) < 4.78 is 0. The van der Waals surface area contributed by atoms with Gasteiger partial charge in [-0.25, -0.2) is 4.98 Å².